The quantitative estimate of drug-likeness (QED) is 0.754. The molecule has 0 spiro atoms. The van der Waals surface area contributed by atoms with Gasteiger partial charge in [0.2, 0.25) is 0 Å². The van der Waals surface area contributed by atoms with Crippen LogP contribution in [0, 0.1) is 6.92 Å². The van der Waals surface area contributed by atoms with Crippen LogP contribution in [0.2, 0.25) is 0 Å². The van der Waals surface area contributed by atoms with Crippen molar-refractivity contribution in [3.63, 3.8) is 0 Å². The highest BCUT2D eigenvalue weighted by Gasteiger charge is 2.31. The minimum absolute atomic E-state index is 0.0811. The maximum absolute atomic E-state index is 12.7. The predicted molar refractivity (Wildman–Crippen MR) is 49.7 cm³/mol. The van der Waals surface area contributed by atoms with E-state index in [2.05, 4.69) is 10.4 Å². The summed E-state index contributed by atoms with van der Waals surface area (Å²) in [5.74, 6) is 0.701. The molecule has 0 bridgehead atoms. The van der Waals surface area contributed by atoms with E-state index in [1.807, 2.05) is 6.92 Å². The van der Waals surface area contributed by atoms with E-state index in [1.165, 1.54) is 4.68 Å². The Morgan fingerprint density at radius 1 is 1.64 bits per heavy atom. The molecule has 0 saturated carbocycles. The summed E-state index contributed by atoms with van der Waals surface area (Å²) in [6.07, 6.45) is -1.93. The summed E-state index contributed by atoms with van der Waals surface area (Å²) >= 11 is 0. The standard InChI is InChI=1S/C9H13F2N3/c1-5-3-7(9(10)11)14-8(12-5)4-6(2)13-14/h4-5,7,9,12H,3H2,1-2H3/t5-,7-/m1/s1. The summed E-state index contributed by atoms with van der Waals surface area (Å²) in [4.78, 5) is 0. The number of nitrogens with one attached hydrogen (secondary N) is 1. The number of hydrogen-bond acceptors (Lipinski definition) is 2. The van der Waals surface area contributed by atoms with E-state index >= 15 is 0 Å². The molecule has 0 radical (unpaired) electrons. The molecule has 1 N–H and O–H groups in total. The number of fused-ring (bicyclic) bond motifs is 1. The van der Waals surface area contributed by atoms with Crippen molar-refractivity contribution in [2.45, 2.75) is 38.8 Å². The van der Waals surface area contributed by atoms with Crippen LogP contribution in [-0.4, -0.2) is 22.2 Å². The van der Waals surface area contributed by atoms with Crippen LogP contribution in [0.4, 0.5) is 14.6 Å². The van der Waals surface area contributed by atoms with Gasteiger partial charge in [-0.1, -0.05) is 0 Å². The van der Waals surface area contributed by atoms with E-state index in [1.54, 1.807) is 13.0 Å². The van der Waals surface area contributed by atoms with Crippen molar-refractivity contribution in [2.24, 2.45) is 0 Å². The average molecular weight is 201 g/mol. The van der Waals surface area contributed by atoms with Gasteiger partial charge < -0.3 is 5.32 Å². The number of aromatic nitrogens is 2. The third-order valence-corrected chi connectivity index (χ3v) is 2.45. The second kappa shape index (κ2) is 3.22. The van der Waals surface area contributed by atoms with Crippen LogP contribution in [0.25, 0.3) is 0 Å². The second-order valence-electron chi connectivity index (χ2n) is 3.80. The number of aryl methyl sites for hydroxylation is 1. The lowest BCUT2D eigenvalue weighted by Gasteiger charge is -2.29. The first-order chi connectivity index (χ1) is 6.58. The van der Waals surface area contributed by atoms with E-state index < -0.39 is 12.5 Å². The summed E-state index contributed by atoms with van der Waals surface area (Å²) < 4.78 is 26.8. The van der Waals surface area contributed by atoms with E-state index in [-0.39, 0.29) is 6.04 Å². The Balaban J connectivity index is 2.37. The molecule has 14 heavy (non-hydrogen) atoms. The topological polar surface area (TPSA) is 29.9 Å². The molecule has 0 unspecified atom stereocenters. The Kier molecular flexibility index (Phi) is 2.17. The molecular formula is C9H13F2N3. The van der Waals surface area contributed by atoms with E-state index in [9.17, 15) is 8.78 Å². The highest BCUT2D eigenvalue weighted by Crippen LogP contribution is 2.31. The van der Waals surface area contributed by atoms with Gasteiger partial charge in [0.05, 0.1) is 5.69 Å². The van der Waals surface area contributed by atoms with Gasteiger partial charge in [0, 0.05) is 12.1 Å². The third kappa shape index (κ3) is 1.47. The summed E-state index contributed by atoms with van der Waals surface area (Å²) in [6.45, 7) is 3.71. The monoisotopic (exact) mass is 201 g/mol. The van der Waals surface area contributed by atoms with Crippen LogP contribution < -0.4 is 5.32 Å². The van der Waals surface area contributed by atoms with Gasteiger partial charge in [-0.2, -0.15) is 5.10 Å². The Morgan fingerprint density at radius 2 is 2.36 bits per heavy atom. The molecule has 78 valence electrons. The van der Waals surface area contributed by atoms with Crippen molar-refractivity contribution in [2.75, 3.05) is 5.32 Å². The fourth-order valence-corrected chi connectivity index (χ4v) is 1.86. The van der Waals surface area contributed by atoms with Crippen LogP contribution in [0.1, 0.15) is 25.1 Å². The van der Waals surface area contributed by atoms with Gasteiger partial charge in [0.1, 0.15) is 11.9 Å². The van der Waals surface area contributed by atoms with E-state index in [0.29, 0.717) is 12.2 Å². The number of alkyl halides is 2. The molecule has 1 aliphatic rings. The lowest BCUT2D eigenvalue weighted by atomic mass is 10.1. The molecular weight excluding hydrogens is 188 g/mol. The van der Waals surface area contributed by atoms with Gasteiger partial charge in [-0.15, -0.1) is 0 Å². The molecule has 1 aliphatic heterocycles. The molecule has 1 aromatic heterocycles. The van der Waals surface area contributed by atoms with Crippen LogP contribution in [0.3, 0.4) is 0 Å². The van der Waals surface area contributed by atoms with E-state index in [0.717, 1.165) is 5.69 Å². The zero-order chi connectivity index (χ0) is 10.3. The van der Waals surface area contributed by atoms with Gasteiger partial charge in [-0.3, -0.25) is 0 Å². The van der Waals surface area contributed by atoms with Crippen molar-refractivity contribution >= 4 is 5.82 Å². The third-order valence-electron chi connectivity index (χ3n) is 2.45. The van der Waals surface area contributed by atoms with Crippen molar-refractivity contribution in [3.8, 4) is 0 Å². The van der Waals surface area contributed by atoms with Crippen LogP contribution in [0.15, 0.2) is 6.07 Å². The smallest absolute Gasteiger partial charge is 0.260 e. The molecule has 0 aliphatic carbocycles. The number of hydrogen-bond donors (Lipinski definition) is 1. The fraction of sp³-hybridized carbons (Fsp3) is 0.667. The Hall–Kier alpha value is -1.13. The van der Waals surface area contributed by atoms with Gasteiger partial charge in [0.25, 0.3) is 6.43 Å². The summed E-state index contributed by atoms with van der Waals surface area (Å²) in [5.41, 5.74) is 0.771. The first kappa shape index (κ1) is 9.43. The Morgan fingerprint density at radius 3 is 3.00 bits per heavy atom. The normalized spacial score (nSPS) is 26.1. The lowest BCUT2D eigenvalue weighted by molar-refractivity contribution is 0.0667. The summed E-state index contributed by atoms with van der Waals surface area (Å²) in [7, 11) is 0. The Labute approximate surface area is 81.1 Å². The number of nitrogens with zero attached hydrogens (tertiary/aromatic N) is 2. The molecule has 1 aromatic rings. The largest absolute Gasteiger partial charge is 0.368 e. The van der Waals surface area contributed by atoms with Crippen molar-refractivity contribution in [1.82, 2.24) is 9.78 Å². The summed E-state index contributed by atoms with van der Waals surface area (Å²) in [5, 5.41) is 7.20. The fourth-order valence-electron chi connectivity index (χ4n) is 1.86. The highest BCUT2D eigenvalue weighted by molar-refractivity contribution is 5.40. The Bertz CT molecular complexity index is 335. The SMILES string of the molecule is Cc1cc2n(n1)[C@@H](C(F)F)C[C@@H](C)N2. The first-order valence-corrected chi connectivity index (χ1v) is 4.69. The molecule has 5 heteroatoms. The zero-order valence-corrected chi connectivity index (χ0v) is 8.17. The minimum atomic E-state index is -2.35. The van der Waals surface area contributed by atoms with Crippen molar-refractivity contribution in [3.05, 3.63) is 11.8 Å². The van der Waals surface area contributed by atoms with E-state index in [4.69, 9.17) is 0 Å². The summed E-state index contributed by atoms with van der Waals surface area (Å²) in [6, 6.07) is 1.10. The molecule has 2 atom stereocenters. The molecule has 0 amide bonds. The number of rotatable bonds is 1. The average Bonchev–Trinajstić information content (AvgIpc) is 2.42. The molecule has 0 saturated heterocycles. The highest BCUT2D eigenvalue weighted by atomic mass is 19.3. The second-order valence-corrected chi connectivity index (χ2v) is 3.80. The molecule has 2 rings (SSSR count). The predicted octanol–water partition coefficient (Wildman–Crippen LogP) is 2.20. The van der Waals surface area contributed by atoms with Crippen LogP contribution >= 0.6 is 0 Å². The number of halogens is 2. The van der Waals surface area contributed by atoms with Crippen molar-refractivity contribution < 1.29 is 8.78 Å². The zero-order valence-electron chi connectivity index (χ0n) is 8.17. The lowest BCUT2D eigenvalue weighted by Crippen LogP contribution is -2.33. The molecule has 2 heterocycles. The number of anilines is 1. The minimum Gasteiger partial charge on any atom is -0.368 e. The molecule has 0 aromatic carbocycles. The van der Waals surface area contributed by atoms with Gasteiger partial charge in [0.15, 0.2) is 0 Å². The molecule has 0 fully saturated rings. The van der Waals surface area contributed by atoms with Gasteiger partial charge in [-0.25, -0.2) is 13.5 Å². The van der Waals surface area contributed by atoms with Crippen LogP contribution in [-0.2, 0) is 0 Å². The van der Waals surface area contributed by atoms with Gasteiger partial charge in [-0.05, 0) is 20.3 Å². The van der Waals surface area contributed by atoms with Crippen molar-refractivity contribution in [1.29, 1.82) is 0 Å². The molecule has 3 nitrogen and oxygen atoms in total. The van der Waals surface area contributed by atoms with Gasteiger partial charge >= 0.3 is 0 Å². The van der Waals surface area contributed by atoms with Crippen LogP contribution in [0.5, 0.6) is 0 Å². The maximum atomic E-state index is 12.7. The first-order valence-electron chi connectivity index (χ1n) is 4.69. The maximum Gasteiger partial charge on any atom is 0.260 e.